The van der Waals surface area contributed by atoms with Crippen molar-refractivity contribution in [3.63, 3.8) is 0 Å². The van der Waals surface area contributed by atoms with Gasteiger partial charge in [0.05, 0.1) is 0 Å². The minimum atomic E-state index is 0.191. The summed E-state index contributed by atoms with van der Waals surface area (Å²) >= 11 is 0. The van der Waals surface area contributed by atoms with Crippen LogP contribution in [0.2, 0.25) is 0 Å². The highest BCUT2D eigenvalue weighted by Crippen LogP contribution is 2.28. The lowest BCUT2D eigenvalue weighted by atomic mass is 10.3. The summed E-state index contributed by atoms with van der Waals surface area (Å²) in [6.07, 6.45) is 3.92. The molecular weight excluding hydrogens is 304 g/mol. The van der Waals surface area contributed by atoms with E-state index in [1.165, 1.54) is 0 Å². The Morgan fingerprint density at radius 3 is 2.58 bits per heavy atom. The Balaban J connectivity index is 1.39. The van der Waals surface area contributed by atoms with E-state index in [9.17, 15) is 4.79 Å². The number of rotatable bonds is 5. The molecule has 0 aromatic carbocycles. The summed E-state index contributed by atoms with van der Waals surface area (Å²) in [6.45, 7) is 5.01. The fraction of sp³-hybridized carbons (Fsp3) is 0.588. The topological polar surface area (TPSA) is 72.9 Å². The zero-order valence-corrected chi connectivity index (χ0v) is 14.2. The van der Waals surface area contributed by atoms with Gasteiger partial charge in [0.25, 0.3) is 0 Å². The molecule has 0 atom stereocenters. The van der Waals surface area contributed by atoms with E-state index in [1.807, 2.05) is 24.4 Å². The van der Waals surface area contributed by atoms with Crippen LogP contribution in [0.15, 0.2) is 29.4 Å². The van der Waals surface area contributed by atoms with E-state index in [1.54, 1.807) is 7.05 Å². The van der Waals surface area contributed by atoms with E-state index in [0.717, 1.165) is 50.8 Å². The number of nitrogens with zero attached hydrogens (tertiary/aromatic N) is 4. The summed E-state index contributed by atoms with van der Waals surface area (Å²) < 4.78 is 0. The molecule has 7 nitrogen and oxygen atoms in total. The van der Waals surface area contributed by atoms with Crippen molar-refractivity contribution in [3.8, 4) is 0 Å². The molecular formula is C17H26N6O. The number of anilines is 1. The van der Waals surface area contributed by atoms with Crippen LogP contribution in [-0.4, -0.2) is 68.1 Å². The van der Waals surface area contributed by atoms with Crippen molar-refractivity contribution in [2.24, 2.45) is 10.9 Å². The first kappa shape index (κ1) is 16.5. The molecule has 3 rings (SSSR count). The Hall–Kier alpha value is -2.31. The van der Waals surface area contributed by atoms with Crippen LogP contribution in [0.3, 0.4) is 0 Å². The summed E-state index contributed by atoms with van der Waals surface area (Å²) in [5, 5.41) is 6.30. The molecule has 1 aliphatic heterocycles. The number of pyridine rings is 1. The Morgan fingerprint density at radius 2 is 1.96 bits per heavy atom. The molecule has 2 aliphatic rings. The van der Waals surface area contributed by atoms with Crippen LogP contribution in [0.25, 0.3) is 0 Å². The third-order valence-corrected chi connectivity index (χ3v) is 4.42. The third kappa shape index (κ3) is 4.37. The maximum atomic E-state index is 11.6. The number of nitrogens with one attached hydrogen (secondary N) is 2. The second kappa shape index (κ2) is 7.99. The quantitative estimate of drug-likeness (QED) is 0.462. The van der Waals surface area contributed by atoms with Gasteiger partial charge in [0.2, 0.25) is 5.91 Å². The first-order chi connectivity index (χ1) is 11.8. The predicted molar refractivity (Wildman–Crippen MR) is 95.1 cm³/mol. The number of aliphatic imine (C=N–C) groups is 1. The lowest BCUT2D eigenvalue weighted by Crippen LogP contribution is -2.53. The normalized spacial score (nSPS) is 18.5. The first-order valence-corrected chi connectivity index (χ1v) is 8.67. The second-order valence-corrected chi connectivity index (χ2v) is 6.20. The Bertz CT molecular complexity index is 564. The van der Waals surface area contributed by atoms with Crippen LogP contribution in [0.1, 0.15) is 12.8 Å². The van der Waals surface area contributed by atoms with E-state index >= 15 is 0 Å². The van der Waals surface area contributed by atoms with E-state index in [4.69, 9.17) is 0 Å². The van der Waals surface area contributed by atoms with Crippen LogP contribution in [0.4, 0.5) is 5.82 Å². The van der Waals surface area contributed by atoms with Gasteiger partial charge in [-0.15, -0.1) is 0 Å². The maximum Gasteiger partial charge on any atom is 0.223 e. The van der Waals surface area contributed by atoms with Gasteiger partial charge in [-0.2, -0.15) is 0 Å². The number of amides is 1. The van der Waals surface area contributed by atoms with Gasteiger partial charge >= 0.3 is 0 Å². The van der Waals surface area contributed by atoms with Gasteiger partial charge in [0.15, 0.2) is 5.96 Å². The van der Waals surface area contributed by atoms with Gasteiger partial charge < -0.3 is 20.4 Å². The van der Waals surface area contributed by atoms with Crippen LogP contribution in [0.5, 0.6) is 0 Å². The molecule has 2 fully saturated rings. The van der Waals surface area contributed by atoms with Crippen LogP contribution >= 0.6 is 0 Å². The lowest BCUT2D eigenvalue weighted by molar-refractivity contribution is -0.122. The minimum Gasteiger partial charge on any atom is -0.354 e. The largest absolute Gasteiger partial charge is 0.354 e. The minimum absolute atomic E-state index is 0.191. The molecule has 1 amide bonds. The molecule has 24 heavy (non-hydrogen) atoms. The SMILES string of the molecule is CN=C(NCCNC(=O)C1CC1)N1CCN(c2ccccn2)CC1. The Morgan fingerprint density at radius 1 is 1.21 bits per heavy atom. The number of carbonyl (C=O) groups is 1. The van der Waals surface area contributed by atoms with Crippen LogP contribution < -0.4 is 15.5 Å². The average molecular weight is 330 g/mol. The number of hydrogen-bond donors (Lipinski definition) is 2. The number of hydrogen-bond acceptors (Lipinski definition) is 4. The molecule has 130 valence electrons. The van der Waals surface area contributed by atoms with Crippen molar-refractivity contribution in [1.29, 1.82) is 0 Å². The van der Waals surface area contributed by atoms with E-state index < -0.39 is 0 Å². The zero-order valence-electron chi connectivity index (χ0n) is 14.2. The van der Waals surface area contributed by atoms with Gasteiger partial charge in [0, 0.05) is 58.4 Å². The summed E-state index contributed by atoms with van der Waals surface area (Å²) in [5.41, 5.74) is 0. The highest BCUT2D eigenvalue weighted by molar-refractivity contribution is 5.81. The summed E-state index contributed by atoms with van der Waals surface area (Å²) in [4.78, 5) is 24.9. The van der Waals surface area contributed by atoms with Crippen molar-refractivity contribution >= 4 is 17.7 Å². The molecule has 1 aromatic heterocycles. The van der Waals surface area contributed by atoms with Gasteiger partial charge in [0.1, 0.15) is 5.82 Å². The Kier molecular flexibility index (Phi) is 5.51. The van der Waals surface area contributed by atoms with E-state index in [2.05, 4.69) is 30.4 Å². The average Bonchev–Trinajstić information content (AvgIpc) is 3.48. The predicted octanol–water partition coefficient (Wildman–Crippen LogP) is 0.305. The Labute approximate surface area is 143 Å². The molecule has 0 spiro atoms. The molecule has 0 radical (unpaired) electrons. The van der Waals surface area contributed by atoms with Crippen molar-refractivity contribution in [3.05, 3.63) is 24.4 Å². The number of guanidine groups is 1. The maximum absolute atomic E-state index is 11.6. The van der Waals surface area contributed by atoms with Crippen molar-refractivity contribution < 1.29 is 4.79 Å². The third-order valence-electron chi connectivity index (χ3n) is 4.42. The summed E-state index contributed by atoms with van der Waals surface area (Å²) in [6, 6.07) is 6.00. The molecule has 2 heterocycles. The molecule has 0 bridgehead atoms. The molecule has 1 aromatic rings. The van der Waals surface area contributed by atoms with Crippen molar-refractivity contribution in [1.82, 2.24) is 20.5 Å². The standard InChI is InChI=1S/C17H26N6O/c1-18-17(21-9-8-20-16(24)14-5-6-14)23-12-10-22(11-13-23)15-4-2-3-7-19-15/h2-4,7,14H,5-6,8-13H2,1H3,(H,18,21)(H,20,24). The fourth-order valence-electron chi connectivity index (χ4n) is 2.87. The number of aromatic nitrogens is 1. The first-order valence-electron chi connectivity index (χ1n) is 8.67. The highest BCUT2D eigenvalue weighted by Gasteiger charge is 2.29. The zero-order chi connectivity index (χ0) is 16.8. The number of carbonyl (C=O) groups excluding carboxylic acids is 1. The lowest BCUT2D eigenvalue weighted by Gasteiger charge is -2.37. The van der Waals surface area contributed by atoms with Crippen molar-refractivity contribution in [2.45, 2.75) is 12.8 Å². The van der Waals surface area contributed by atoms with Gasteiger partial charge in [-0.05, 0) is 25.0 Å². The summed E-state index contributed by atoms with van der Waals surface area (Å²) in [5.74, 6) is 2.39. The fourth-order valence-corrected chi connectivity index (χ4v) is 2.87. The van der Waals surface area contributed by atoms with Crippen LogP contribution in [-0.2, 0) is 4.79 Å². The van der Waals surface area contributed by atoms with Crippen molar-refractivity contribution in [2.75, 3.05) is 51.2 Å². The monoisotopic (exact) mass is 330 g/mol. The van der Waals surface area contributed by atoms with E-state index in [0.29, 0.717) is 13.1 Å². The van der Waals surface area contributed by atoms with Crippen LogP contribution in [0, 0.1) is 5.92 Å². The number of piperazine rings is 1. The molecule has 7 heteroatoms. The molecule has 1 saturated heterocycles. The highest BCUT2D eigenvalue weighted by atomic mass is 16.2. The second-order valence-electron chi connectivity index (χ2n) is 6.20. The molecule has 1 aliphatic carbocycles. The smallest absolute Gasteiger partial charge is 0.223 e. The molecule has 2 N–H and O–H groups in total. The van der Waals surface area contributed by atoms with E-state index in [-0.39, 0.29) is 11.8 Å². The van der Waals surface area contributed by atoms with Gasteiger partial charge in [-0.25, -0.2) is 4.98 Å². The van der Waals surface area contributed by atoms with Gasteiger partial charge in [-0.1, -0.05) is 6.07 Å². The summed E-state index contributed by atoms with van der Waals surface area (Å²) in [7, 11) is 1.80. The van der Waals surface area contributed by atoms with Gasteiger partial charge in [-0.3, -0.25) is 9.79 Å². The molecule has 0 unspecified atom stereocenters. The molecule has 1 saturated carbocycles.